The van der Waals surface area contributed by atoms with E-state index in [-0.39, 0.29) is 5.54 Å². The molecule has 0 saturated carbocycles. The number of hydrogen-bond acceptors (Lipinski definition) is 3. The lowest BCUT2D eigenvalue weighted by Gasteiger charge is -2.42. The van der Waals surface area contributed by atoms with Crippen molar-refractivity contribution >= 4 is 0 Å². The molecule has 0 aliphatic carbocycles. The summed E-state index contributed by atoms with van der Waals surface area (Å²) >= 11 is 0. The molecule has 0 amide bonds. The Morgan fingerprint density at radius 1 is 1.32 bits per heavy atom. The highest BCUT2D eigenvalue weighted by Crippen LogP contribution is 2.27. The Labute approximate surface area is 117 Å². The fraction of sp³-hybridized carbons (Fsp3) is 0.800. The van der Waals surface area contributed by atoms with Crippen molar-refractivity contribution in [1.29, 1.82) is 0 Å². The molecule has 0 aromatic carbocycles. The predicted molar refractivity (Wildman–Crippen MR) is 79.3 cm³/mol. The maximum atomic E-state index is 10.6. The molecular formula is C15H29N3O. The van der Waals surface area contributed by atoms with Crippen LogP contribution in [0.4, 0.5) is 0 Å². The Morgan fingerprint density at radius 3 is 2.26 bits per heavy atom. The molecule has 4 heteroatoms. The van der Waals surface area contributed by atoms with Gasteiger partial charge in [0.1, 0.15) is 0 Å². The average Bonchev–Trinajstić information content (AvgIpc) is 2.79. The first-order valence-electron chi connectivity index (χ1n) is 7.26. The molecule has 0 aliphatic rings. The second-order valence-electron chi connectivity index (χ2n) is 5.81. The van der Waals surface area contributed by atoms with Crippen LogP contribution >= 0.6 is 0 Å². The van der Waals surface area contributed by atoms with E-state index in [0.29, 0.717) is 12.5 Å². The second-order valence-corrected chi connectivity index (χ2v) is 5.81. The first-order chi connectivity index (χ1) is 8.87. The Kier molecular flexibility index (Phi) is 5.56. The molecule has 1 aromatic heterocycles. The Hall–Kier alpha value is -0.870. The van der Waals surface area contributed by atoms with E-state index < -0.39 is 6.10 Å². The minimum Gasteiger partial charge on any atom is -0.391 e. The summed E-state index contributed by atoms with van der Waals surface area (Å²) < 4.78 is 1.94. The normalized spacial score (nSPS) is 14.4. The molecule has 1 heterocycles. The summed E-state index contributed by atoms with van der Waals surface area (Å²) in [5.74, 6) is 0. The van der Waals surface area contributed by atoms with E-state index in [1.807, 2.05) is 31.0 Å². The fourth-order valence-electron chi connectivity index (χ4n) is 2.81. The van der Waals surface area contributed by atoms with Crippen molar-refractivity contribution in [2.24, 2.45) is 0 Å². The first kappa shape index (κ1) is 16.2. The summed E-state index contributed by atoms with van der Waals surface area (Å²) in [5, 5.41) is 15.2. The minimum atomic E-state index is -0.395. The zero-order valence-electron chi connectivity index (χ0n) is 13.2. The van der Waals surface area contributed by atoms with Gasteiger partial charge in [0.25, 0.3) is 0 Å². The maximum absolute atomic E-state index is 10.6. The smallest absolute Gasteiger partial charge is 0.0779 e. The summed E-state index contributed by atoms with van der Waals surface area (Å²) in [5.41, 5.74) is 0.802. The second kappa shape index (κ2) is 6.53. The monoisotopic (exact) mass is 267 g/mol. The van der Waals surface area contributed by atoms with Crippen molar-refractivity contribution in [2.45, 2.75) is 64.6 Å². The molecule has 0 saturated heterocycles. The standard InChI is InChI=1S/C15H29N3O/c1-7-15(8-2,17(5)6)14(19)11-13-9-10-18(16-13)12(3)4/h9-10,12,14,19H,7-8,11H2,1-6H3. The molecule has 0 radical (unpaired) electrons. The molecule has 110 valence electrons. The third-order valence-electron chi connectivity index (χ3n) is 4.33. The van der Waals surface area contributed by atoms with Crippen LogP contribution in [0.3, 0.4) is 0 Å². The van der Waals surface area contributed by atoms with Crippen LogP contribution in [-0.4, -0.2) is 45.5 Å². The van der Waals surface area contributed by atoms with Gasteiger partial charge in [-0.2, -0.15) is 5.10 Å². The quantitative estimate of drug-likeness (QED) is 0.825. The number of rotatable bonds is 7. The van der Waals surface area contributed by atoms with Gasteiger partial charge in [0.05, 0.1) is 11.8 Å². The van der Waals surface area contributed by atoms with Crippen molar-refractivity contribution in [2.75, 3.05) is 14.1 Å². The molecule has 1 atom stereocenters. The van der Waals surface area contributed by atoms with E-state index in [1.54, 1.807) is 0 Å². The third kappa shape index (κ3) is 3.37. The molecule has 0 aliphatic heterocycles. The van der Waals surface area contributed by atoms with Gasteiger partial charge in [-0.25, -0.2) is 0 Å². The number of aromatic nitrogens is 2. The van der Waals surface area contributed by atoms with Gasteiger partial charge in [-0.3, -0.25) is 4.68 Å². The molecule has 19 heavy (non-hydrogen) atoms. The van der Waals surface area contributed by atoms with Gasteiger partial charge in [0.15, 0.2) is 0 Å². The van der Waals surface area contributed by atoms with Crippen LogP contribution in [0.2, 0.25) is 0 Å². The lowest BCUT2D eigenvalue weighted by molar-refractivity contribution is -0.0131. The Bertz CT molecular complexity index is 380. The highest BCUT2D eigenvalue weighted by Gasteiger charge is 2.37. The van der Waals surface area contributed by atoms with Gasteiger partial charge in [-0.15, -0.1) is 0 Å². The fourth-order valence-corrected chi connectivity index (χ4v) is 2.81. The van der Waals surface area contributed by atoms with Gasteiger partial charge in [-0.1, -0.05) is 13.8 Å². The van der Waals surface area contributed by atoms with E-state index in [0.717, 1.165) is 18.5 Å². The summed E-state index contributed by atoms with van der Waals surface area (Å²) in [6, 6.07) is 2.37. The SMILES string of the molecule is CCC(CC)(C(O)Cc1ccn(C(C)C)n1)N(C)C. The van der Waals surface area contributed by atoms with Crippen molar-refractivity contribution < 1.29 is 5.11 Å². The van der Waals surface area contributed by atoms with Gasteiger partial charge in [0.2, 0.25) is 0 Å². The minimum absolute atomic E-state index is 0.165. The molecule has 0 bridgehead atoms. The zero-order chi connectivity index (χ0) is 14.6. The summed E-state index contributed by atoms with van der Waals surface area (Å²) in [6.45, 7) is 8.49. The first-order valence-corrected chi connectivity index (χ1v) is 7.26. The molecule has 0 fully saturated rings. The van der Waals surface area contributed by atoms with Crippen LogP contribution in [0.15, 0.2) is 12.3 Å². The Balaban J connectivity index is 2.84. The number of nitrogens with zero attached hydrogens (tertiary/aromatic N) is 3. The van der Waals surface area contributed by atoms with Crippen LogP contribution in [0.5, 0.6) is 0 Å². The lowest BCUT2D eigenvalue weighted by atomic mass is 9.83. The molecular weight excluding hydrogens is 238 g/mol. The van der Waals surface area contributed by atoms with E-state index in [2.05, 4.69) is 37.7 Å². The average molecular weight is 267 g/mol. The maximum Gasteiger partial charge on any atom is 0.0779 e. The van der Waals surface area contributed by atoms with Gasteiger partial charge in [-0.05, 0) is 46.9 Å². The number of likely N-dealkylation sites (N-methyl/N-ethyl adjacent to an activating group) is 1. The highest BCUT2D eigenvalue weighted by molar-refractivity contribution is 5.05. The van der Waals surface area contributed by atoms with E-state index in [9.17, 15) is 5.11 Å². The molecule has 1 aromatic rings. The lowest BCUT2D eigenvalue weighted by Crippen LogP contribution is -2.53. The van der Waals surface area contributed by atoms with E-state index in [1.165, 1.54) is 0 Å². The van der Waals surface area contributed by atoms with Gasteiger partial charge >= 0.3 is 0 Å². The molecule has 1 N–H and O–H groups in total. The largest absolute Gasteiger partial charge is 0.391 e. The Morgan fingerprint density at radius 2 is 1.89 bits per heavy atom. The van der Waals surface area contributed by atoms with Crippen molar-refractivity contribution in [3.63, 3.8) is 0 Å². The van der Waals surface area contributed by atoms with Crippen LogP contribution < -0.4 is 0 Å². The predicted octanol–water partition coefficient (Wildman–Crippen LogP) is 2.49. The van der Waals surface area contributed by atoms with Crippen LogP contribution in [0.25, 0.3) is 0 Å². The van der Waals surface area contributed by atoms with Crippen molar-refractivity contribution in [3.05, 3.63) is 18.0 Å². The number of aliphatic hydroxyl groups is 1. The van der Waals surface area contributed by atoms with Gasteiger partial charge in [0, 0.05) is 24.2 Å². The van der Waals surface area contributed by atoms with E-state index in [4.69, 9.17) is 0 Å². The molecule has 1 unspecified atom stereocenters. The molecule has 1 rings (SSSR count). The van der Waals surface area contributed by atoms with Crippen LogP contribution in [-0.2, 0) is 6.42 Å². The summed E-state index contributed by atoms with van der Waals surface area (Å²) in [6.07, 6.45) is 4.07. The van der Waals surface area contributed by atoms with E-state index >= 15 is 0 Å². The molecule has 4 nitrogen and oxygen atoms in total. The summed E-state index contributed by atoms with van der Waals surface area (Å²) in [7, 11) is 4.09. The van der Waals surface area contributed by atoms with Crippen LogP contribution in [0, 0.1) is 0 Å². The van der Waals surface area contributed by atoms with Gasteiger partial charge < -0.3 is 10.0 Å². The topological polar surface area (TPSA) is 41.3 Å². The van der Waals surface area contributed by atoms with Crippen molar-refractivity contribution in [1.82, 2.24) is 14.7 Å². The van der Waals surface area contributed by atoms with Crippen LogP contribution in [0.1, 0.15) is 52.3 Å². The third-order valence-corrected chi connectivity index (χ3v) is 4.33. The summed E-state index contributed by atoms with van der Waals surface area (Å²) in [4.78, 5) is 2.15. The molecule has 0 spiro atoms. The number of hydrogen-bond donors (Lipinski definition) is 1. The zero-order valence-corrected chi connectivity index (χ0v) is 13.2. The number of aliphatic hydroxyl groups excluding tert-OH is 1. The highest BCUT2D eigenvalue weighted by atomic mass is 16.3. The van der Waals surface area contributed by atoms with Crippen molar-refractivity contribution in [3.8, 4) is 0 Å².